The first kappa shape index (κ1) is 14.5. The summed E-state index contributed by atoms with van der Waals surface area (Å²) in [4.78, 5) is 0. The van der Waals surface area contributed by atoms with Crippen molar-refractivity contribution in [2.45, 2.75) is 19.4 Å². The molecule has 2 heterocycles. The number of rotatable bonds is 4. The van der Waals surface area contributed by atoms with Crippen molar-refractivity contribution in [3.63, 3.8) is 0 Å². The number of thioether (sulfide) groups is 1. The molecule has 0 amide bonds. The van der Waals surface area contributed by atoms with E-state index >= 15 is 0 Å². The van der Waals surface area contributed by atoms with Gasteiger partial charge >= 0.3 is 0 Å². The lowest BCUT2D eigenvalue weighted by Crippen LogP contribution is -2.25. The molecule has 1 aromatic carbocycles. The van der Waals surface area contributed by atoms with Crippen molar-refractivity contribution >= 4 is 27.7 Å². The lowest BCUT2D eigenvalue weighted by atomic mass is 10.0. The second kappa shape index (κ2) is 7.05. The van der Waals surface area contributed by atoms with Crippen LogP contribution >= 0.6 is 27.7 Å². The van der Waals surface area contributed by atoms with E-state index in [1.807, 2.05) is 0 Å². The summed E-state index contributed by atoms with van der Waals surface area (Å²) in [5.74, 6) is 5.18. The minimum absolute atomic E-state index is 0.628. The van der Waals surface area contributed by atoms with Crippen molar-refractivity contribution in [3.8, 4) is 11.5 Å². The SMILES string of the molecule is Brc1cc(CNCC2CCSCC2)cc2c1OCCO2. The summed E-state index contributed by atoms with van der Waals surface area (Å²) in [6.45, 7) is 3.27. The van der Waals surface area contributed by atoms with Crippen molar-refractivity contribution in [2.24, 2.45) is 5.92 Å². The Morgan fingerprint density at radius 3 is 2.85 bits per heavy atom. The van der Waals surface area contributed by atoms with Gasteiger partial charge in [0.05, 0.1) is 4.47 Å². The van der Waals surface area contributed by atoms with Gasteiger partial charge in [0.1, 0.15) is 13.2 Å². The average molecular weight is 358 g/mol. The molecule has 2 aliphatic rings. The fourth-order valence-electron chi connectivity index (χ4n) is 2.64. The largest absolute Gasteiger partial charge is 0.486 e. The number of halogens is 1. The molecule has 0 aliphatic carbocycles. The average Bonchev–Trinajstić information content (AvgIpc) is 2.48. The maximum atomic E-state index is 5.66. The minimum atomic E-state index is 0.628. The van der Waals surface area contributed by atoms with Crippen LogP contribution in [0.1, 0.15) is 18.4 Å². The van der Waals surface area contributed by atoms with Crippen LogP contribution in [0.5, 0.6) is 11.5 Å². The number of fused-ring (bicyclic) bond motifs is 1. The lowest BCUT2D eigenvalue weighted by Gasteiger charge is -2.22. The highest BCUT2D eigenvalue weighted by Gasteiger charge is 2.17. The lowest BCUT2D eigenvalue weighted by molar-refractivity contribution is 0.170. The first-order valence-electron chi connectivity index (χ1n) is 7.19. The fraction of sp³-hybridized carbons (Fsp3) is 0.600. The van der Waals surface area contributed by atoms with Gasteiger partial charge in [-0.1, -0.05) is 0 Å². The zero-order valence-corrected chi connectivity index (χ0v) is 13.9. The van der Waals surface area contributed by atoms with Crippen molar-refractivity contribution < 1.29 is 9.47 Å². The van der Waals surface area contributed by atoms with Gasteiger partial charge in [0.25, 0.3) is 0 Å². The van der Waals surface area contributed by atoms with E-state index in [1.54, 1.807) is 0 Å². The number of hydrogen-bond donors (Lipinski definition) is 1. The Labute approximate surface area is 132 Å². The molecule has 20 heavy (non-hydrogen) atoms. The summed E-state index contributed by atoms with van der Waals surface area (Å²) in [5, 5.41) is 3.58. The summed E-state index contributed by atoms with van der Waals surface area (Å²) in [6, 6.07) is 4.21. The third kappa shape index (κ3) is 3.62. The number of benzene rings is 1. The summed E-state index contributed by atoms with van der Waals surface area (Å²) in [5.41, 5.74) is 1.24. The van der Waals surface area contributed by atoms with Gasteiger partial charge in [-0.2, -0.15) is 11.8 Å². The van der Waals surface area contributed by atoms with E-state index in [9.17, 15) is 0 Å². The highest BCUT2D eigenvalue weighted by atomic mass is 79.9. The Hall–Kier alpha value is -0.390. The van der Waals surface area contributed by atoms with E-state index in [2.05, 4.69) is 45.1 Å². The second-order valence-electron chi connectivity index (χ2n) is 5.29. The van der Waals surface area contributed by atoms with E-state index in [0.29, 0.717) is 13.2 Å². The molecule has 1 N–H and O–H groups in total. The Kier molecular flexibility index (Phi) is 5.13. The Morgan fingerprint density at radius 1 is 1.20 bits per heavy atom. The van der Waals surface area contributed by atoms with E-state index in [1.165, 1.54) is 29.9 Å². The highest BCUT2D eigenvalue weighted by molar-refractivity contribution is 9.10. The maximum absolute atomic E-state index is 5.66. The van der Waals surface area contributed by atoms with Crippen LogP contribution < -0.4 is 14.8 Å². The third-order valence-electron chi connectivity index (χ3n) is 3.76. The summed E-state index contributed by atoms with van der Waals surface area (Å²) in [7, 11) is 0. The topological polar surface area (TPSA) is 30.5 Å². The van der Waals surface area contributed by atoms with Crippen molar-refractivity contribution in [2.75, 3.05) is 31.3 Å². The van der Waals surface area contributed by atoms with E-state index in [0.717, 1.165) is 35.0 Å². The molecule has 2 aliphatic heterocycles. The van der Waals surface area contributed by atoms with Gasteiger partial charge in [0.15, 0.2) is 11.5 Å². The van der Waals surface area contributed by atoms with Crippen LogP contribution in [-0.4, -0.2) is 31.3 Å². The first-order chi connectivity index (χ1) is 9.83. The van der Waals surface area contributed by atoms with Gasteiger partial charge < -0.3 is 14.8 Å². The van der Waals surface area contributed by atoms with Crippen LogP contribution in [0.3, 0.4) is 0 Å². The van der Waals surface area contributed by atoms with Crippen LogP contribution in [0, 0.1) is 5.92 Å². The number of hydrogen-bond acceptors (Lipinski definition) is 4. The molecule has 0 spiro atoms. The smallest absolute Gasteiger partial charge is 0.175 e. The molecule has 3 rings (SSSR count). The molecule has 0 saturated carbocycles. The fourth-order valence-corrected chi connectivity index (χ4v) is 4.45. The van der Waals surface area contributed by atoms with Gasteiger partial charge in [-0.3, -0.25) is 0 Å². The molecular formula is C15H20BrNO2S. The predicted molar refractivity (Wildman–Crippen MR) is 86.9 cm³/mol. The number of ether oxygens (including phenoxy) is 2. The van der Waals surface area contributed by atoms with E-state index < -0.39 is 0 Å². The molecule has 1 saturated heterocycles. The third-order valence-corrected chi connectivity index (χ3v) is 5.40. The molecule has 5 heteroatoms. The van der Waals surface area contributed by atoms with Crippen molar-refractivity contribution in [3.05, 3.63) is 22.2 Å². The van der Waals surface area contributed by atoms with Crippen LogP contribution in [0.15, 0.2) is 16.6 Å². The highest BCUT2D eigenvalue weighted by Crippen LogP contribution is 2.38. The predicted octanol–water partition coefficient (Wildman–Crippen LogP) is 3.45. The molecule has 0 unspecified atom stereocenters. The van der Waals surface area contributed by atoms with E-state index in [4.69, 9.17) is 9.47 Å². The molecule has 0 atom stereocenters. The van der Waals surface area contributed by atoms with Crippen LogP contribution in [0.25, 0.3) is 0 Å². The number of nitrogens with one attached hydrogen (secondary N) is 1. The second-order valence-corrected chi connectivity index (χ2v) is 7.37. The van der Waals surface area contributed by atoms with Gasteiger partial charge in [-0.15, -0.1) is 0 Å². The van der Waals surface area contributed by atoms with Gasteiger partial charge in [-0.05, 0) is 70.4 Å². The first-order valence-corrected chi connectivity index (χ1v) is 9.14. The molecule has 0 radical (unpaired) electrons. The normalized spacial score (nSPS) is 19.1. The Balaban J connectivity index is 1.56. The Morgan fingerprint density at radius 2 is 2.00 bits per heavy atom. The molecule has 1 fully saturated rings. The summed E-state index contributed by atoms with van der Waals surface area (Å²) >= 11 is 5.65. The summed E-state index contributed by atoms with van der Waals surface area (Å²) in [6.07, 6.45) is 2.70. The minimum Gasteiger partial charge on any atom is -0.486 e. The molecular weight excluding hydrogens is 338 g/mol. The summed E-state index contributed by atoms with van der Waals surface area (Å²) < 4.78 is 12.3. The van der Waals surface area contributed by atoms with Gasteiger partial charge in [0.2, 0.25) is 0 Å². The molecule has 0 aromatic heterocycles. The quantitative estimate of drug-likeness (QED) is 0.893. The zero-order chi connectivity index (χ0) is 13.8. The maximum Gasteiger partial charge on any atom is 0.175 e. The van der Waals surface area contributed by atoms with Crippen LogP contribution in [-0.2, 0) is 6.54 Å². The zero-order valence-electron chi connectivity index (χ0n) is 11.5. The van der Waals surface area contributed by atoms with Crippen molar-refractivity contribution in [1.82, 2.24) is 5.32 Å². The van der Waals surface area contributed by atoms with Crippen LogP contribution in [0.4, 0.5) is 0 Å². The molecule has 1 aromatic rings. The van der Waals surface area contributed by atoms with Gasteiger partial charge in [-0.25, -0.2) is 0 Å². The standard InChI is InChI=1S/C15H20BrNO2S/c16-13-7-12(8-14-15(13)19-4-3-18-14)10-17-9-11-1-5-20-6-2-11/h7-8,11,17H,1-6,9-10H2. The van der Waals surface area contributed by atoms with Crippen LogP contribution in [0.2, 0.25) is 0 Å². The monoisotopic (exact) mass is 357 g/mol. The van der Waals surface area contributed by atoms with Gasteiger partial charge in [0, 0.05) is 6.54 Å². The molecule has 3 nitrogen and oxygen atoms in total. The Bertz CT molecular complexity index is 463. The van der Waals surface area contributed by atoms with Crippen molar-refractivity contribution in [1.29, 1.82) is 0 Å². The molecule has 110 valence electrons. The molecule has 0 bridgehead atoms. The van der Waals surface area contributed by atoms with E-state index in [-0.39, 0.29) is 0 Å².